The topological polar surface area (TPSA) is 55.3 Å². The maximum atomic E-state index is 6.12. The number of nitrogens with one attached hydrogen (secondary N) is 1. The molecule has 0 spiro atoms. The average Bonchev–Trinajstić information content (AvgIpc) is 2.67. The molecule has 0 unspecified atom stereocenters. The van der Waals surface area contributed by atoms with Gasteiger partial charge in [0, 0.05) is 27.7 Å². The normalized spacial score (nSPS) is 11.0. The van der Waals surface area contributed by atoms with Gasteiger partial charge in [-0.2, -0.15) is 5.10 Å². The van der Waals surface area contributed by atoms with Gasteiger partial charge >= 0.3 is 0 Å². The van der Waals surface area contributed by atoms with Crippen LogP contribution in [0.5, 0.6) is 0 Å². The highest BCUT2D eigenvalue weighted by atomic mass is 35.5. The summed E-state index contributed by atoms with van der Waals surface area (Å²) in [5.74, 6) is 0. The van der Waals surface area contributed by atoms with Gasteiger partial charge in [0.05, 0.1) is 6.21 Å². The van der Waals surface area contributed by atoms with Crippen molar-refractivity contribution in [1.29, 1.82) is 0 Å². The molecule has 0 fully saturated rings. The Morgan fingerprint density at radius 2 is 2.05 bits per heavy atom. The molecule has 0 aliphatic carbocycles. The highest BCUT2D eigenvalue weighted by Gasteiger charge is 2.11. The van der Waals surface area contributed by atoms with Gasteiger partial charge in [0.2, 0.25) is 0 Å². The van der Waals surface area contributed by atoms with Crippen molar-refractivity contribution in [2.24, 2.45) is 10.8 Å². The largest absolute Gasteiger partial charge is 0.375 e. The zero-order chi connectivity index (χ0) is 15.6. The molecule has 21 heavy (non-hydrogen) atoms. The van der Waals surface area contributed by atoms with E-state index in [1.807, 2.05) is 32.0 Å². The number of aryl methyl sites for hydroxylation is 2. The first kappa shape index (κ1) is 15.5. The third kappa shape index (κ3) is 3.43. The van der Waals surface area contributed by atoms with Gasteiger partial charge < -0.3 is 10.3 Å². The molecule has 1 aromatic carbocycles. The van der Waals surface area contributed by atoms with Crippen molar-refractivity contribution in [1.82, 2.24) is 9.99 Å². The van der Waals surface area contributed by atoms with Crippen LogP contribution in [0.4, 0.5) is 0 Å². The van der Waals surface area contributed by atoms with Crippen molar-refractivity contribution in [3.63, 3.8) is 0 Å². The molecular formula is C15H17ClN4S. The number of hydrogen-bond acceptors (Lipinski definition) is 2. The van der Waals surface area contributed by atoms with Gasteiger partial charge in [-0.25, -0.2) is 0 Å². The summed E-state index contributed by atoms with van der Waals surface area (Å²) in [7, 11) is 0. The number of nitrogens with zero attached hydrogens (tertiary/aromatic N) is 2. The lowest BCUT2D eigenvalue weighted by molar-refractivity contribution is 0.953. The lowest BCUT2D eigenvalue weighted by atomic mass is 10.2. The molecule has 2 aromatic rings. The first-order valence-corrected chi connectivity index (χ1v) is 7.22. The van der Waals surface area contributed by atoms with Crippen LogP contribution >= 0.6 is 23.8 Å². The maximum absolute atomic E-state index is 6.12. The summed E-state index contributed by atoms with van der Waals surface area (Å²) in [6.45, 7) is 6.15. The molecular weight excluding hydrogens is 304 g/mol. The summed E-state index contributed by atoms with van der Waals surface area (Å²) in [5, 5.41) is 4.87. The SMILES string of the molecule is Cc1ccc(Cl)cc1-n1c(C)cc(C=NNC(N)=S)c1C. The Morgan fingerprint density at radius 3 is 2.71 bits per heavy atom. The van der Waals surface area contributed by atoms with Crippen molar-refractivity contribution in [3.8, 4) is 5.69 Å². The fraction of sp³-hybridized carbons (Fsp3) is 0.200. The molecule has 0 atom stereocenters. The van der Waals surface area contributed by atoms with E-state index in [0.717, 1.165) is 28.2 Å². The van der Waals surface area contributed by atoms with Gasteiger partial charge in [-0.1, -0.05) is 17.7 Å². The van der Waals surface area contributed by atoms with E-state index in [2.05, 4.69) is 28.1 Å². The number of halogens is 1. The Balaban J connectivity index is 2.46. The molecule has 3 N–H and O–H groups in total. The van der Waals surface area contributed by atoms with E-state index in [1.54, 1.807) is 6.21 Å². The Morgan fingerprint density at radius 1 is 1.33 bits per heavy atom. The fourth-order valence-corrected chi connectivity index (χ4v) is 2.50. The molecule has 0 bridgehead atoms. The molecule has 0 aliphatic rings. The predicted octanol–water partition coefficient (Wildman–Crippen LogP) is 3.22. The standard InChI is InChI=1S/C15H17ClN4S/c1-9-4-5-13(16)7-14(9)20-10(2)6-12(11(20)3)8-18-19-15(17)21/h4-8H,1-3H3,(H3,17,19,21). The fourth-order valence-electron chi connectivity index (χ4n) is 2.28. The van der Waals surface area contributed by atoms with Crippen LogP contribution in [0, 0.1) is 20.8 Å². The van der Waals surface area contributed by atoms with E-state index >= 15 is 0 Å². The third-order valence-electron chi connectivity index (χ3n) is 3.26. The highest BCUT2D eigenvalue weighted by molar-refractivity contribution is 7.80. The summed E-state index contributed by atoms with van der Waals surface area (Å²) >= 11 is 10.8. The molecule has 1 heterocycles. The van der Waals surface area contributed by atoms with Gasteiger partial charge in [0.1, 0.15) is 0 Å². The first-order valence-electron chi connectivity index (χ1n) is 6.44. The van der Waals surface area contributed by atoms with E-state index in [4.69, 9.17) is 29.6 Å². The first-order chi connectivity index (χ1) is 9.90. The molecule has 0 saturated carbocycles. The predicted molar refractivity (Wildman–Crippen MR) is 92.5 cm³/mol. The molecule has 0 amide bonds. The number of hydrazone groups is 1. The van der Waals surface area contributed by atoms with Crippen molar-refractivity contribution >= 4 is 35.1 Å². The van der Waals surface area contributed by atoms with Crippen LogP contribution in [-0.2, 0) is 0 Å². The lowest BCUT2D eigenvalue weighted by Gasteiger charge is -2.13. The van der Waals surface area contributed by atoms with Crippen molar-refractivity contribution in [3.05, 3.63) is 51.8 Å². The Kier molecular flexibility index (Phi) is 4.65. The Labute approximate surface area is 134 Å². The smallest absolute Gasteiger partial charge is 0.184 e. The monoisotopic (exact) mass is 320 g/mol. The van der Waals surface area contributed by atoms with Crippen LogP contribution in [0.2, 0.25) is 5.02 Å². The Bertz CT molecular complexity index is 719. The number of benzene rings is 1. The summed E-state index contributed by atoms with van der Waals surface area (Å²) < 4.78 is 2.16. The van der Waals surface area contributed by atoms with Gasteiger partial charge in [-0.15, -0.1) is 0 Å². The van der Waals surface area contributed by atoms with Gasteiger partial charge in [-0.05, 0) is 56.8 Å². The van der Waals surface area contributed by atoms with Crippen LogP contribution in [-0.4, -0.2) is 15.9 Å². The van der Waals surface area contributed by atoms with Gasteiger partial charge in [0.15, 0.2) is 5.11 Å². The van der Waals surface area contributed by atoms with Crippen LogP contribution < -0.4 is 11.2 Å². The van der Waals surface area contributed by atoms with Crippen LogP contribution in [0.1, 0.15) is 22.5 Å². The lowest BCUT2D eigenvalue weighted by Crippen LogP contribution is -2.24. The second-order valence-corrected chi connectivity index (χ2v) is 5.70. The zero-order valence-corrected chi connectivity index (χ0v) is 13.7. The van der Waals surface area contributed by atoms with Crippen LogP contribution in [0.3, 0.4) is 0 Å². The van der Waals surface area contributed by atoms with E-state index < -0.39 is 0 Å². The van der Waals surface area contributed by atoms with Gasteiger partial charge in [-0.3, -0.25) is 5.43 Å². The minimum Gasteiger partial charge on any atom is -0.375 e. The molecule has 2 rings (SSSR count). The second kappa shape index (κ2) is 6.28. The minimum atomic E-state index is 0.144. The molecule has 0 aliphatic heterocycles. The molecule has 4 nitrogen and oxygen atoms in total. The molecule has 0 radical (unpaired) electrons. The van der Waals surface area contributed by atoms with Crippen molar-refractivity contribution < 1.29 is 0 Å². The van der Waals surface area contributed by atoms with Crippen molar-refractivity contribution in [2.45, 2.75) is 20.8 Å². The van der Waals surface area contributed by atoms with E-state index in [0.29, 0.717) is 5.02 Å². The minimum absolute atomic E-state index is 0.144. The zero-order valence-electron chi connectivity index (χ0n) is 12.1. The van der Waals surface area contributed by atoms with Crippen LogP contribution in [0.15, 0.2) is 29.4 Å². The number of thiocarbonyl (C=S) groups is 1. The second-order valence-electron chi connectivity index (χ2n) is 4.83. The number of nitrogens with two attached hydrogens (primary N) is 1. The number of hydrogen-bond donors (Lipinski definition) is 2. The number of aromatic nitrogens is 1. The summed E-state index contributed by atoms with van der Waals surface area (Å²) in [6.07, 6.45) is 1.71. The van der Waals surface area contributed by atoms with Gasteiger partial charge in [0.25, 0.3) is 0 Å². The third-order valence-corrected chi connectivity index (χ3v) is 3.59. The summed E-state index contributed by atoms with van der Waals surface area (Å²) in [4.78, 5) is 0. The summed E-state index contributed by atoms with van der Waals surface area (Å²) in [5.41, 5.74) is 13.3. The molecule has 6 heteroatoms. The number of rotatable bonds is 3. The van der Waals surface area contributed by atoms with Crippen molar-refractivity contribution in [2.75, 3.05) is 0 Å². The highest BCUT2D eigenvalue weighted by Crippen LogP contribution is 2.25. The van der Waals surface area contributed by atoms with Crippen LogP contribution in [0.25, 0.3) is 5.69 Å². The van der Waals surface area contributed by atoms with E-state index in [1.165, 1.54) is 0 Å². The van der Waals surface area contributed by atoms with E-state index in [-0.39, 0.29) is 5.11 Å². The molecule has 1 aromatic heterocycles. The molecule has 110 valence electrons. The average molecular weight is 321 g/mol. The Hall–Kier alpha value is -1.85. The maximum Gasteiger partial charge on any atom is 0.184 e. The quantitative estimate of drug-likeness (QED) is 0.518. The van der Waals surface area contributed by atoms with E-state index in [9.17, 15) is 0 Å². The summed E-state index contributed by atoms with van der Waals surface area (Å²) in [6, 6.07) is 7.92. The molecule has 0 saturated heterocycles.